The lowest BCUT2D eigenvalue weighted by molar-refractivity contribution is -0.129. The Labute approximate surface area is 191 Å². The van der Waals surface area contributed by atoms with Gasteiger partial charge in [-0.1, -0.05) is 24.3 Å². The van der Waals surface area contributed by atoms with Crippen LogP contribution < -0.4 is 10.6 Å². The summed E-state index contributed by atoms with van der Waals surface area (Å²) in [7, 11) is 1.78. The van der Waals surface area contributed by atoms with Crippen LogP contribution in [0.4, 0.5) is 5.69 Å². The SMILES string of the molecule is C[C@H](c1nc2ccccc2s1)N(C)C(=O)CNc1ccccc1C(=O)NC[C@H]1CCCO1. The van der Waals surface area contributed by atoms with E-state index in [0.29, 0.717) is 17.8 Å². The van der Waals surface area contributed by atoms with E-state index in [0.717, 1.165) is 34.7 Å². The summed E-state index contributed by atoms with van der Waals surface area (Å²) < 4.78 is 6.68. The van der Waals surface area contributed by atoms with Crippen molar-refractivity contribution in [2.75, 3.05) is 32.1 Å². The van der Waals surface area contributed by atoms with Gasteiger partial charge in [0.25, 0.3) is 5.91 Å². The summed E-state index contributed by atoms with van der Waals surface area (Å²) in [5.74, 6) is -0.251. The first kappa shape index (κ1) is 22.2. The summed E-state index contributed by atoms with van der Waals surface area (Å²) in [6.07, 6.45) is 2.08. The zero-order valence-corrected chi connectivity index (χ0v) is 19.2. The van der Waals surface area contributed by atoms with Gasteiger partial charge in [-0.15, -0.1) is 11.3 Å². The van der Waals surface area contributed by atoms with Crippen molar-refractivity contribution in [1.82, 2.24) is 15.2 Å². The van der Waals surface area contributed by atoms with Gasteiger partial charge in [0.05, 0.1) is 34.5 Å². The largest absolute Gasteiger partial charge is 0.376 e. The molecule has 3 aromatic rings. The fraction of sp³-hybridized carbons (Fsp3) is 0.375. The maximum absolute atomic E-state index is 12.9. The number of thiazole rings is 1. The van der Waals surface area contributed by atoms with Gasteiger partial charge in [-0.25, -0.2) is 4.98 Å². The molecule has 2 amide bonds. The van der Waals surface area contributed by atoms with Crippen LogP contribution in [0.2, 0.25) is 0 Å². The van der Waals surface area contributed by atoms with E-state index >= 15 is 0 Å². The Hall–Kier alpha value is -2.97. The molecule has 32 heavy (non-hydrogen) atoms. The molecule has 1 saturated heterocycles. The Kier molecular flexibility index (Phi) is 7.02. The number of ether oxygens (including phenoxy) is 1. The number of rotatable bonds is 8. The second-order valence-corrected chi connectivity index (χ2v) is 9.01. The van der Waals surface area contributed by atoms with Crippen molar-refractivity contribution in [3.05, 3.63) is 59.1 Å². The third-order valence-corrected chi connectivity index (χ3v) is 6.96. The molecule has 0 bridgehead atoms. The smallest absolute Gasteiger partial charge is 0.253 e. The van der Waals surface area contributed by atoms with Crippen molar-refractivity contribution in [3.8, 4) is 0 Å². The minimum Gasteiger partial charge on any atom is -0.376 e. The second-order valence-electron chi connectivity index (χ2n) is 7.94. The topological polar surface area (TPSA) is 83.6 Å². The number of fused-ring (bicyclic) bond motifs is 1. The van der Waals surface area contributed by atoms with Crippen molar-refractivity contribution in [2.24, 2.45) is 0 Å². The molecule has 2 atom stereocenters. The summed E-state index contributed by atoms with van der Waals surface area (Å²) in [4.78, 5) is 31.9. The van der Waals surface area contributed by atoms with Gasteiger partial charge in [0, 0.05) is 25.9 Å². The van der Waals surface area contributed by atoms with Gasteiger partial charge >= 0.3 is 0 Å². The normalized spacial score (nSPS) is 16.6. The predicted molar refractivity (Wildman–Crippen MR) is 127 cm³/mol. The average Bonchev–Trinajstić information content (AvgIpc) is 3.50. The first-order chi connectivity index (χ1) is 15.5. The average molecular weight is 453 g/mol. The van der Waals surface area contributed by atoms with E-state index in [1.54, 1.807) is 29.4 Å². The third-order valence-electron chi connectivity index (χ3n) is 5.76. The molecular weight excluding hydrogens is 424 g/mol. The van der Waals surface area contributed by atoms with Gasteiger partial charge in [-0.05, 0) is 44.0 Å². The van der Waals surface area contributed by atoms with Crippen LogP contribution in [0, 0.1) is 0 Å². The molecule has 0 radical (unpaired) electrons. The van der Waals surface area contributed by atoms with Gasteiger partial charge < -0.3 is 20.3 Å². The lowest BCUT2D eigenvalue weighted by atomic mass is 10.1. The van der Waals surface area contributed by atoms with Crippen LogP contribution in [0.1, 0.15) is 41.2 Å². The van der Waals surface area contributed by atoms with Crippen LogP contribution in [0.3, 0.4) is 0 Å². The van der Waals surface area contributed by atoms with Crippen molar-refractivity contribution < 1.29 is 14.3 Å². The number of likely N-dealkylation sites (N-methyl/N-ethyl adjacent to an activating group) is 1. The molecular formula is C24H28N4O3S. The summed E-state index contributed by atoms with van der Waals surface area (Å²) in [5.41, 5.74) is 2.09. The molecule has 4 rings (SSSR count). The number of carbonyl (C=O) groups excluding carboxylic acids is 2. The van der Waals surface area contributed by atoms with E-state index in [1.807, 2.05) is 49.4 Å². The lowest BCUT2D eigenvalue weighted by Crippen LogP contribution is -2.35. The molecule has 168 valence electrons. The Morgan fingerprint density at radius 3 is 2.78 bits per heavy atom. The highest BCUT2D eigenvalue weighted by Gasteiger charge is 2.22. The Balaban J connectivity index is 1.36. The molecule has 0 aliphatic carbocycles. The summed E-state index contributed by atoms with van der Waals surface area (Å²) in [5, 5.41) is 6.97. The number of carbonyl (C=O) groups is 2. The quantitative estimate of drug-likeness (QED) is 0.543. The standard InChI is InChI=1S/C24H28N4O3S/c1-16(24-27-20-11-5-6-12-21(20)32-24)28(2)22(29)15-25-19-10-4-3-9-18(19)23(30)26-14-17-8-7-13-31-17/h3-6,9-12,16-17,25H,7-8,13-15H2,1-2H3,(H,26,30)/t16-,17-/m1/s1. The highest BCUT2D eigenvalue weighted by Crippen LogP contribution is 2.29. The molecule has 1 aromatic heterocycles. The summed E-state index contributed by atoms with van der Waals surface area (Å²) >= 11 is 1.60. The van der Waals surface area contributed by atoms with Crippen LogP contribution >= 0.6 is 11.3 Å². The van der Waals surface area contributed by atoms with Crippen molar-refractivity contribution in [2.45, 2.75) is 31.9 Å². The third kappa shape index (κ3) is 5.08. The van der Waals surface area contributed by atoms with Gasteiger partial charge in [0.15, 0.2) is 0 Å². The molecule has 1 aliphatic heterocycles. The molecule has 2 N–H and O–H groups in total. The summed E-state index contributed by atoms with van der Waals surface area (Å²) in [6.45, 7) is 3.31. The number of aromatic nitrogens is 1. The van der Waals surface area contributed by atoms with Crippen molar-refractivity contribution in [3.63, 3.8) is 0 Å². The molecule has 2 heterocycles. The number of nitrogens with one attached hydrogen (secondary N) is 2. The van der Waals surface area contributed by atoms with Crippen molar-refractivity contribution >= 4 is 39.1 Å². The minimum atomic E-state index is -0.174. The molecule has 2 aromatic carbocycles. The first-order valence-corrected chi connectivity index (χ1v) is 11.7. The fourth-order valence-corrected chi connectivity index (χ4v) is 4.75. The minimum absolute atomic E-state index is 0.0775. The number of para-hydroxylation sites is 2. The number of amides is 2. The van der Waals surface area contributed by atoms with Crippen LogP contribution in [-0.2, 0) is 9.53 Å². The van der Waals surface area contributed by atoms with Gasteiger partial charge in [-0.2, -0.15) is 0 Å². The molecule has 1 fully saturated rings. The number of nitrogens with zero attached hydrogens (tertiary/aromatic N) is 2. The zero-order valence-electron chi connectivity index (χ0n) is 18.3. The molecule has 0 spiro atoms. The zero-order chi connectivity index (χ0) is 22.5. The molecule has 0 saturated carbocycles. The Morgan fingerprint density at radius 1 is 1.22 bits per heavy atom. The van der Waals surface area contributed by atoms with E-state index in [-0.39, 0.29) is 30.5 Å². The molecule has 7 nitrogen and oxygen atoms in total. The highest BCUT2D eigenvalue weighted by molar-refractivity contribution is 7.18. The van der Waals surface area contributed by atoms with E-state index in [1.165, 1.54) is 0 Å². The van der Waals surface area contributed by atoms with Crippen LogP contribution in [-0.4, -0.2) is 54.5 Å². The fourth-order valence-electron chi connectivity index (χ4n) is 3.69. The predicted octanol–water partition coefficient (Wildman–Crippen LogP) is 3.84. The highest BCUT2D eigenvalue weighted by atomic mass is 32.1. The van der Waals surface area contributed by atoms with E-state index in [2.05, 4.69) is 15.6 Å². The molecule has 8 heteroatoms. The van der Waals surface area contributed by atoms with E-state index < -0.39 is 0 Å². The van der Waals surface area contributed by atoms with Gasteiger partial charge in [0.1, 0.15) is 5.01 Å². The Morgan fingerprint density at radius 2 is 2.00 bits per heavy atom. The first-order valence-electron chi connectivity index (χ1n) is 10.9. The monoisotopic (exact) mass is 452 g/mol. The van der Waals surface area contributed by atoms with Crippen LogP contribution in [0.5, 0.6) is 0 Å². The maximum atomic E-state index is 12.9. The van der Waals surface area contributed by atoms with Crippen LogP contribution in [0.25, 0.3) is 10.2 Å². The van der Waals surface area contributed by atoms with E-state index in [4.69, 9.17) is 4.74 Å². The van der Waals surface area contributed by atoms with Gasteiger partial charge in [-0.3, -0.25) is 9.59 Å². The second kappa shape index (κ2) is 10.1. The van der Waals surface area contributed by atoms with Gasteiger partial charge in [0.2, 0.25) is 5.91 Å². The Bertz CT molecular complexity index is 1060. The lowest BCUT2D eigenvalue weighted by Gasteiger charge is -2.24. The van der Waals surface area contributed by atoms with Crippen molar-refractivity contribution in [1.29, 1.82) is 0 Å². The maximum Gasteiger partial charge on any atom is 0.253 e. The van der Waals surface area contributed by atoms with Crippen LogP contribution in [0.15, 0.2) is 48.5 Å². The number of hydrogen-bond donors (Lipinski definition) is 2. The molecule has 1 aliphatic rings. The number of anilines is 1. The van der Waals surface area contributed by atoms with E-state index in [9.17, 15) is 9.59 Å². The molecule has 0 unspecified atom stereocenters. The summed E-state index contributed by atoms with van der Waals surface area (Å²) in [6, 6.07) is 15.0. The number of hydrogen-bond acceptors (Lipinski definition) is 6. The number of benzene rings is 2.